The van der Waals surface area contributed by atoms with Gasteiger partial charge in [-0.15, -0.1) is 5.10 Å². The fraction of sp³-hybridized carbons (Fsp3) is 0.444. The van der Waals surface area contributed by atoms with Crippen molar-refractivity contribution in [2.75, 3.05) is 31.3 Å². The summed E-state index contributed by atoms with van der Waals surface area (Å²) in [5.41, 5.74) is 2.55. The largest absolute Gasteiger partial charge is 0.460 e. The predicted molar refractivity (Wildman–Crippen MR) is 98.8 cm³/mol. The fourth-order valence-corrected chi connectivity index (χ4v) is 3.35. The highest BCUT2D eigenvalue weighted by Gasteiger charge is 2.25. The van der Waals surface area contributed by atoms with Crippen molar-refractivity contribution in [2.45, 2.75) is 19.9 Å². The van der Waals surface area contributed by atoms with Crippen LogP contribution >= 0.6 is 0 Å². The number of rotatable bonds is 4. The molecule has 0 aromatic carbocycles. The van der Waals surface area contributed by atoms with Crippen molar-refractivity contribution in [2.24, 2.45) is 7.05 Å². The number of morpholine rings is 1. The third-order valence-electron chi connectivity index (χ3n) is 4.71. The van der Waals surface area contributed by atoms with Gasteiger partial charge in [0, 0.05) is 25.4 Å². The number of imidazole rings is 1. The Kier molecular flexibility index (Phi) is 4.53. The molecule has 0 N–H and O–H groups in total. The van der Waals surface area contributed by atoms with Gasteiger partial charge in [0.25, 0.3) is 0 Å². The zero-order valence-corrected chi connectivity index (χ0v) is 15.6. The minimum Gasteiger partial charge on any atom is -0.460 e. The Balaban J connectivity index is 1.92. The number of aryl methyl sites for hydroxylation is 1. The lowest BCUT2D eigenvalue weighted by atomic mass is 10.1. The summed E-state index contributed by atoms with van der Waals surface area (Å²) in [6.45, 7) is 6.14. The number of anilines is 1. The number of fused-ring (bicyclic) bond motifs is 1. The number of carbonyl (C=O) groups is 1. The molecule has 9 heteroatoms. The summed E-state index contributed by atoms with van der Waals surface area (Å²) in [6, 6.07) is 4.13. The lowest BCUT2D eigenvalue weighted by molar-refractivity contribution is 0.0509. The maximum atomic E-state index is 12.3. The zero-order chi connectivity index (χ0) is 19.0. The quantitative estimate of drug-likeness (QED) is 0.644. The molecule has 1 aliphatic rings. The Morgan fingerprint density at radius 3 is 3.00 bits per heavy atom. The molecule has 1 aliphatic heterocycles. The Morgan fingerprint density at radius 1 is 1.44 bits per heavy atom. The second-order valence-electron chi connectivity index (χ2n) is 6.47. The SMILES string of the molecule is CCOC(=O)c1ncc2c(-c3ccnn3C)cc(N3CCOC[C@H]3C)nn12. The van der Waals surface area contributed by atoms with Gasteiger partial charge in [0.05, 0.1) is 43.3 Å². The second-order valence-corrected chi connectivity index (χ2v) is 6.47. The van der Waals surface area contributed by atoms with E-state index in [-0.39, 0.29) is 18.5 Å². The summed E-state index contributed by atoms with van der Waals surface area (Å²) in [5, 5.41) is 8.98. The average molecular weight is 370 g/mol. The molecule has 0 radical (unpaired) electrons. The molecule has 3 aromatic heterocycles. The van der Waals surface area contributed by atoms with E-state index in [1.807, 2.05) is 19.2 Å². The number of ether oxygens (including phenoxy) is 2. The molecule has 1 saturated heterocycles. The van der Waals surface area contributed by atoms with E-state index < -0.39 is 5.97 Å². The van der Waals surface area contributed by atoms with Crippen molar-refractivity contribution in [3.05, 3.63) is 30.4 Å². The van der Waals surface area contributed by atoms with Crippen LogP contribution in [-0.2, 0) is 16.5 Å². The number of aromatic nitrogens is 5. The van der Waals surface area contributed by atoms with Crippen molar-refractivity contribution in [3.63, 3.8) is 0 Å². The number of hydrogen-bond donors (Lipinski definition) is 0. The van der Waals surface area contributed by atoms with E-state index in [2.05, 4.69) is 21.9 Å². The highest BCUT2D eigenvalue weighted by molar-refractivity contribution is 5.89. The van der Waals surface area contributed by atoms with E-state index in [4.69, 9.17) is 14.6 Å². The number of esters is 1. The van der Waals surface area contributed by atoms with Gasteiger partial charge in [-0.3, -0.25) is 4.68 Å². The van der Waals surface area contributed by atoms with Crippen LogP contribution in [0.1, 0.15) is 24.5 Å². The van der Waals surface area contributed by atoms with Crippen molar-refractivity contribution in [1.29, 1.82) is 0 Å². The normalized spacial score (nSPS) is 17.4. The van der Waals surface area contributed by atoms with E-state index in [9.17, 15) is 4.79 Å². The van der Waals surface area contributed by atoms with E-state index in [0.29, 0.717) is 13.2 Å². The molecular formula is C18H22N6O3. The highest BCUT2D eigenvalue weighted by atomic mass is 16.5. The topological polar surface area (TPSA) is 86.8 Å². The number of carbonyl (C=O) groups excluding carboxylic acids is 1. The van der Waals surface area contributed by atoms with E-state index in [1.165, 1.54) is 0 Å². The minimum absolute atomic E-state index is 0.165. The van der Waals surface area contributed by atoms with Crippen molar-refractivity contribution < 1.29 is 14.3 Å². The monoisotopic (exact) mass is 370 g/mol. The first kappa shape index (κ1) is 17.5. The van der Waals surface area contributed by atoms with Crippen LogP contribution in [0.25, 0.3) is 16.8 Å². The van der Waals surface area contributed by atoms with Crippen molar-refractivity contribution >= 4 is 17.3 Å². The van der Waals surface area contributed by atoms with Gasteiger partial charge in [0.1, 0.15) is 0 Å². The fourth-order valence-electron chi connectivity index (χ4n) is 3.35. The van der Waals surface area contributed by atoms with Crippen LogP contribution in [0.15, 0.2) is 24.5 Å². The van der Waals surface area contributed by atoms with Crippen molar-refractivity contribution in [3.8, 4) is 11.3 Å². The molecule has 0 saturated carbocycles. The van der Waals surface area contributed by atoms with Crippen LogP contribution in [0.3, 0.4) is 0 Å². The molecule has 1 atom stereocenters. The molecule has 27 heavy (non-hydrogen) atoms. The van der Waals surface area contributed by atoms with Crippen LogP contribution < -0.4 is 4.90 Å². The molecule has 0 amide bonds. The summed E-state index contributed by atoms with van der Waals surface area (Å²) in [6.07, 6.45) is 3.39. The lowest BCUT2D eigenvalue weighted by Crippen LogP contribution is -2.44. The molecule has 4 heterocycles. The summed E-state index contributed by atoms with van der Waals surface area (Å²) in [5.74, 6) is 0.434. The first-order chi connectivity index (χ1) is 13.1. The summed E-state index contributed by atoms with van der Waals surface area (Å²) in [7, 11) is 1.88. The predicted octanol–water partition coefficient (Wildman–Crippen LogP) is 1.53. The maximum Gasteiger partial charge on any atom is 0.376 e. The standard InChI is InChI=1S/C18H22N6O3/c1-4-27-18(25)17-19-10-15-13(14-5-6-20-22(14)3)9-16(21-24(15)17)23-7-8-26-11-12(23)2/h5-6,9-10,12H,4,7-8,11H2,1-3H3/t12-/m1/s1. The van der Waals surface area contributed by atoms with E-state index >= 15 is 0 Å². The molecule has 3 aromatic rings. The van der Waals surface area contributed by atoms with Crippen LogP contribution in [-0.4, -0.2) is 62.8 Å². The molecule has 0 aliphatic carbocycles. The molecule has 0 spiro atoms. The molecular weight excluding hydrogens is 348 g/mol. The molecule has 0 unspecified atom stereocenters. The minimum atomic E-state index is -0.492. The van der Waals surface area contributed by atoms with Crippen molar-refractivity contribution in [1.82, 2.24) is 24.4 Å². The Bertz CT molecular complexity index is 979. The van der Waals surface area contributed by atoms with Gasteiger partial charge < -0.3 is 14.4 Å². The van der Waals surface area contributed by atoms with Gasteiger partial charge >= 0.3 is 5.97 Å². The Hall–Kier alpha value is -2.94. The first-order valence-electron chi connectivity index (χ1n) is 8.98. The molecule has 1 fully saturated rings. The molecule has 0 bridgehead atoms. The summed E-state index contributed by atoms with van der Waals surface area (Å²) >= 11 is 0. The zero-order valence-electron chi connectivity index (χ0n) is 15.6. The molecule has 4 rings (SSSR count). The van der Waals surface area contributed by atoms with Crippen LogP contribution in [0, 0.1) is 0 Å². The van der Waals surface area contributed by atoms with E-state index in [1.54, 1.807) is 28.5 Å². The first-order valence-corrected chi connectivity index (χ1v) is 8.98. The van der Waals surface area contributed by atoms with Crippen LogP contribution in [0.4, 0.5) is 5.82 Å². The summed E-state index contributed by atoms with van der Waals surface area (Å²) in [4.78, 5) is 18.8. The Labute approximate surface area is 156 Å². The van der Waals surface area contributed by atoms with E-state index in [0.717, 1.165) is 29.1 Å². The van der Waals surface area contributed by atoms with Crippen LogP contribution in [0.5, 0.6) is 0 Å². The smallest absolute Gasteiger partial charge is 0.376 e. The second kappa shape index (κ2) is 6.99. The summed E-state index contributed by atoms with van der Waals surface area (Å²) < 4.78 is 14.0. The third-order valence-corrected chi connectivity index (χ3v) is 4.71. The third kappa shape index (κ3) is 3.03. The van der Waals surface area contributed by atoms with Gasteiger partial charge in [-0.05, 0) is 26.0 Å². The van der Waals surface area contributed by atoms with Gasteiger partial charge in [-0.25, -0.2) is 14.3 Å². The van der Waals surface area contributed by atoms with Gasteiger partial charge in [0.15, 0.2) is 5.82 Å². The number of hydrogen-bond acceptors (Lipinski definition) is 7. The van der Waals surface area contributed by atoms with Gasteiger partial charge in [0.2, 0.25) is 5.82 Å². The van der Waals surface area contributed by atoms with Gasteiger partial charge in [-0.1, -0.05) is 0 Å². The molecule has 9 nitrogen and oxygen atoms in total. The molecule has 142 valence electrons. The highest BCUT2D eigenvalue weighted by Crippen LogP contribution is 2.29. The number of nitrogens with zero attached hydrogens (tertiary/aromatic N) is 6. The lowest BCUT2D eigenvalue weighted by Gasteiger charge is -2.34. The van der Waals surface area contributed by atoms with Crippen LogP contribution in [0.2, 0.25) is 0 Å². The average Bonchev–Trinajstić information content (AvgIpc) is 3.27. The van der Waals surface area contributed by atoms with Gasteiger partial charge in [-0.2, -0.15) is 5.10 Å². The maximum absolute atomic E-state index is 12.3. The Morgan fingerprint density at radius 2 is 2.30 bits per heavy atom.